The molecule has 0 bridgehead atoms. The molecule has 1 aromatic rings. The highest BCUT2D eigenvalue weighted by molar-refractivity contribution is 5.75. The highest BCUT2D eigenvalue weighted by Crippen LogP contribution is 2.22. The second kappa shape index (κ2) is 18.0. The molecule has 0 spiro atoms. The maximum absolute atomic E-state index is 11.1. The molecule has 2 heterocycles. The molecule has 1 aliphatic rings. The number of aromatic nitrogens is 2. The SMILES string of the molecule is CCC(=O)NCCOCCOCCOCCOC[C@H]1OC[C@@H](Nc2cc(OC)nc(OC)n2)[C@@H](O)[C@H]1O. The van der Waals surface area contributed by atoms with Crippen LogP contribution in [0.5, 0.6) is 11.9 Å². The lowest BCUT2D eigenvalue weighted by atomic mass is 9.98. The maximum Gasteiger partial charge on any atom is 0.321 e. The van der Waals surface area contributed by atoms with E-state index in [2.05, 4.69) is 20.6 Å². The Morgan fingerprint density at radius 1 is 0.973 bits per heavy atom. The van der Waals surface area contributed by atoms with Gasteiger partial charge in [0.25, 0.3) is 0 Å². The Morgan fingerprint density at radius 3 is 2.24 bits per heavy atom. The van der Waals surface area contributed by atoms with Crippen LogP contribution in [0, 0.1) is 0 Å². The zero-order chi connectivity index (χ0) is 26.9. The number of nitrogens with one attached hydrogen (secondary N) is 2. The molecule has 0 saturated carbocycles. The number of rotatable bonds is 19. The molecular weight excluding hydrogens is 492 g/mol. The molecule has 4 N–H and O–H groups in total. The van der Waals surface area contributed by atoms with Gasteiger partial charge in [0.1, 0.15) is 24.1 Å². The molecule has 1 aromatic heterocycles. The molecule has 0 aromatic carbocycles. The quantitative estimate of drug-likeness (QED) is 0.160. The van der Waals surface area contributed by atoms with Crippen molar-refractivity contribution < 1.29 is 48.2 Å². The van der Waals surface area contributed by atoms with Crippen LogP contribution in [-0.4, -0.2) is 131 Å². The van der Waals surface area contributed by atoms with Crippen molar-refractivity contribution in [2.24, 2.45) is 0 Å². The minimum absolute atomic E-state index is 0.00465. The lowest BCUT2D eigenvalue weighted by molar-refractivity contribution is -0.161. The van der Waals surface area contributed by atoms with Gasteiger partial charge in [-0.1, -0.05) is 6.92 Å². The smallest absolute Gasteiger partial charge is 0.321 e. The van der Waals surface area contributed by atoms with Gasteiger partial charge in [0.2, 0.25) is 11.8 Å². The van der Waals surface area contributed by atoms with Crippen LogP contribution in [0.25, 0.3) is 0 Å². The first-order chi connectivity index (χ1) is 18.0. The van der Waals surface area contributed by atoms with Crippen LogP contribution in [-0.2, 0) is 28.5 Å². The van der Waals surface area contributed by atoms with Crippen molar-refractivity contribution in [2.45, 2.75) is 37.7 Å². The van der Waals surface area contributed by atoms with E-state index in [9.17, 15) is 15.0 Å². The lowest BCUT2D eigenvalue weighted by Crippen LogP contribution is -2.57. The average molecular weight is 533 g/mol. The van der Waals surface area contributed by atoms with Crippen LogP contribution in [0.15, 0.2) is 6.07 Å². The summed E-state index contributed by atoms with van der Waals surface area (Å²) in [5.74, 6) is 0.662. The van der Waals surface area contributed by atoms with Crippen molar-refractivity contribution in [1.29, 1.82) is 0 Å². The Labute approximate surface area is 216 Å². The molecule has 0 aliphatic carbocycles. The zero-order valence-corrected chi connectivity index (χ0v) is 21.7. The van der Waals surface area contributed by atoms with E-state index in [1.54, 1.807) is 13.0 Å². The molecule has 212 valence electrons. The largest absolute Gasteiger partial charge is 0.481 e. The van der Waals surface area contributed by atoms with E-state index in [-0.39, 0.29) is 25.1 Å². The third-order valence-corrected chi connectivity index (χ3v) is 5.33. The number of amides is 1. The molecule has 14 heteroatoms. The summed E-state index contributed by atoms with van der Waals surface area (Å²) in [5.41, 5.74) is 0. The first-order valence-corrected chi connectivity index (χ1v) is 12.3. The number of ether oxygens (including phenoxy) is 7. The summed E-state index contributed by atoms with van der Waals surface area (Å²) >= 11 is 0. The molecule has 4 atom stereocenters. The van der Waals surface area contributed by atoms with E-state index in [0.29, 0.717) is 70.9 Å². The van der Waals surface area contributed by atoms with E-state index in [4.69, 9.17) is 33.2 Å². The second-order valence-corrected chi connectivity index (χ2v) is 8.00. The van der Waals surface area contributed by atoms with Crippen molar-refractivity contribution in [1.82, 2.24) is 15.3 Å². The van der Waals surface area contributed by atoms with Gasteiger partial charge in [-0.25, -0.2) is 0 Å². The van der Waals surface area contributed by atoms with Crippen molar-refractivity contribution >= 4 is 11.7 Å². The molecule has 14 nitrogen and oxygen atoms in total. The Morgan fingerprint density at radius 2 is 1.62 bits per heavy atom. The van der Waals surface area contributed by atoms with Crippen molar-refractivity contribution in [3.63, 3.8) is 0 Å². The van der Waals surface area contributed by atoms with E-state index in [0.717, 1.165) is 0 Å². The first-order valence-electron chi connectivity index (χ1n) is 12.3. The van der Waals surface area contributed by atoms with Gasteiger partial charge in [-0.3, -0.25) is 4.79 Å². The van der Waals surface area contributed by atoms with Gasteiger partial charge in [-0.15, -0.1) is 0 Å². The minimum Gasteiger partial charge on any atom is -0.481 e. The number of aliphatic hydroxyl groups excluding tert-OH is 2. The number of hydrogen-bond acceptors (Lipinski definition) is 13. The topological polar surface area (TPSA) is 172 Å². The zero-order valence-electron chi connectivity index (χ0n) is 21.7. The Balaban J connectivity index is 1.51. The second-order valence-electron chi connectivity index (χ2n) is 8.00. The van der Waals surface area contributed by atoms with Crippen LogP contribution in [0.3, 0.4) is 0 Å². The standard InChI is InChI=1S/C23H40N4O10/c1-4-19(28)24-5-6-33-7-8-34-9-10-35-11-12-36-15-17-22(30)21(29)16(14-37-17)25-18-13-20(31-2)27-23(26-18)32-3/h13,16-17,21-22,29-30H,4-12,14-15H2,1-3H3,(H,24,28)(H,25,26,27)/t16-,17-,21-,22+/m1/s1. The maximum atomic E-state index is 11.1. The van der Waals surface area contributed by atoms with E-state index < -0.39 is 24.4 Å². The molecule has 1 amide bonds. The summed E-state index contributed by atoms with van der Waals surface area (Å²) in [6.07, 6.45) is -2.48. The Hall–Kier alpha value is -2.33. The van der Waals surface area contributed by atoms with Gasteiger partial charge in [-0.2, -0.15) is 9.97 Å². The average Bonchev–Trinajstić information content (AvgIpc) is 2.91. The first kappa shape index (κ1) is 30.9. The predicted octanol–water partition coefficient (Wildman–Crippen LogP) is -1.01. The number of carbonyl (C=O) groups excluding carboxylic acids is 1. The van der Waals surface area contributed by atoms with Gasteiger partial charge >= 0.3 is 6.01 Å². The summed E-state index contributed by atoms with van der Waals surface area (Å²) in [6.45, 7) is 5.34. The molecule has 0 radical (unpaired) electrons. The monoisotopic (exact) mass is 532 g/mol. The summed E-state index contributed by atoms with van der Waals surface area (Å²) in [6, 6.07) is 1.05. The third kappa shape index (κ3) is 11.7. The number of aliphatic hydroxyl groups is 2. The summed E-state index contributed by atoms with van der Waals surface area (Å²) < 4.78 is 37.6. The van der Waals surface area contributed by atoms with Gasteiger partial charge < -0.3 is 54.0 Å². The molecule has 0 unspecified atom stereocenters. The summed E-state index contributed by atoms with van der Waals surface area (Å²) in [4.78, 5) is 19.2. The molecule has 1 fully saturated rings. The van der Waals surface area contributed by atoms with Crippen LogP contribution < -0.4 is 20.1 Å². The fourth-order valence-corrected chi connectivity index (χ4v) is 3.27. The van der Waals surface area contributed by atoms with Crippen molar-refractivity contribution in [3.8, 4) is 11.9 Å². The van der Waals surface area contributed by atoms with E-state index in [1.165, 1.54) is 14.2 Å². The lowest BCUT2D eigenvalue weighted by Gasteiger charge is -2.38. The highest BCUT2D eigenvalue weighted by atomic mass is 16.6. The molecule has 1 saturated heterocycles. The fraction of sp³-hybridized carbons (Fsp3) is 0.783. The van der Waals surface area contributed by atoms with Gasteiger partial charge in [0.05, 0.1) is 79.7 Å². The van der Waals surface area contributed by atoms with Crippen LogP contribution in [0.2, 0.25) is 0 Å². The van der Waals surface area contributed by atoms with Crippen LogP contribution in [0.1, 0.15) is 13.3 Å². The Kier molecular flexibility index (Phi) is 15.0. The van der Waals surface area contributed by atoms with Crippen molar-refractivity contribution in [2.75, 3.05) is 85.5 Å². The van der Waals surface area contributed by atoms with Crippen molar-refractivity contribution in [3.05, 3.63) is 6.07 Å². The van der Waals surface area contributed by atoms with Gasteiger partial charge in [0.15, 0.2) is 0 Å². The third-order valence-electron chi connectivity index (χ3n) is 5.33. The fourth-order valence-electron chi connectivity index (χ4n) is 3.27. The van der Waals surface area contributed by atoms with Crippen LogP contribution >= 0.6 is 0 Å². The number of methoxy groups -OCH3 is 2. The molecule has 37 heavy (non-hydrogen) atoms. The highest BCUT2D eigenvalue weighted by Gasteiger charge is 2.38. The molecular formula is C23H40N4O10. The molecule has 2 rings (SSSR count). The van der Waals surface area contributed by atoms with Crippen LogP contribution in [0.4, 0.5) is 5.82 Å². The summed E-state index contributed by atoms with van der Waals surface area (Å²) in [5, 5.41) is 26.7. The Bertz CT molecular complexity index is 753. The predicted molar refractivity (Wildman–Crippen MR) is 131 cm³/mol. The normalized spacial score (nSPS) is 21.4. The summed E-state index contributed by atoms with van der Waals surface area (Å²) in [7, 11) is 2.90. The van der Waals surface area contributed by atoms with E-state index in [1.807, 2.05) is 0 Å². The number of nitrogens with zero attached hydrogens (tertiary/aromatic N) is 2. The number of carbonyl (C=O) groups is 1. The van der Waals surface area contributed by atoms with E-state index >= 15 is 0 Å². The number of anilines is 1. The number of hydrogen-bond donors (Lipinski definition) is 4. The molecule has 1 aliphatic heterocycles. The minimum atomic E-state index is -1.16. The van der Waals surface area contributed by atoms with Gasteiger partial charge in [0, 0.05) is 19.0 Å². The van der Waals surface area contributed by atoms with Gasteiger partial charge in [-0.05, 0) is 0 Å².